The minimum absolute atomic E-state index is 0.104. The lowest BCUT2D eigenvalue weighted by Crippen LogP contribution is -2.42. The van der Waals surface area contributed by atoms with Crippen LogP contribution in [0.2, 0.25) is 0 Å². The summed E-state index contributed by atoms with van der Waals surface area (Å²) < 4.78 is 28.0. The van der Waals surface area contributed by atoms with Gasteiger partial charge in [-0.3, -0.25) is 9.10 Å². The second-order valence-corrected chi connectivity index (χ2v) is 9.71. The Hall–Kier alpha value is -2.60. The molecule has 5 nitrogen and oxygen atoms in total. The predicted molar refractivity (Wildman–Crippen MR) is 116 cm³/mol. The fourth-order valence-electron chi connectivity index (χ4n) is 3.98. The van der Waals surface area contributed by atoms with Crippen molar-refractivity contribution in [3.63, 3.8) is 0 Å². The SMILES string of the molecule is C=CCN(c1ccccc1)S(=O)(=O)c1cccc(C(=O)N2C[C@@H](C)C[C@H](C)C2)c1. The van der Waals surface area contributed by atoms with Crippen LogP contribution in [0.1, 0.15) is 30.6 Å². The Morgan fingerprint density at radius 1 is 1.10 bits per heavy atom. The number of sulfonamides is 1. The van der Waals surface area contributed by atoms with Crippen LogP contribution in [0.4, 0.5) is 5.69 Å². The van der Waals surface area contributed by atoms with Crippen LogP contribution in [0.5, 0.6) is 0 Å². The number of carbonyl (C=O) groups excluding carboxylic acids is 1. The van der Waals surface area contributed by atoms with Gasteiger partial charge in [0.1, 0.15) is 0 Å². The Morgan fingerprint density at radius 2 is 1.76 bits per heavy atom. The molecule has 0 N–H and O–H groups in total. The zero-order chi connectivity index (χ0) is 21.0. The van der Waals surface area contributed by atoms with Crippen molar-refractivity contribution in [2.24, 2.45) is 11.8 Å². The van der Waals surface area contributed by atoms with Gasteiger partial charge in [0.05, 0.1) is 17.1 Å². The van der Waals surface area contributed by atoms with Crippen LogP contribution in [-0.4, -0.2) is 38.9 Å². The van der Waals surface area contributed by atoms with Gasteiger partial charge in [-0.15, -0.1) is 6.58 Å². The normalized spacial score (nSPS) is 19.6. The van der Waals surface area contributed by atoms with E-state index in [1.165, 1.54) is 16.4 Å². The molecule has 1 heterocycles. The Bertz CT molecular complexity index is 963. The monoisotopic (exact) mass is 412 g/mol. The Balaban J connectivity index is 1.93. The van der Waals surface area contributed by atoms with Gasteiger partial charge in [0.25, 0.3) is 15.9 Å². The van der Waals surface area contributed by atoms with Crippen molar-refractivity contribution in [3.05, 3.63) is 72.8 Å². The number of piperidine rings is 1. The molecule has 2 atom stereocenters. The highest BCUT2D eigenvalue weighted by atomic mass is 32.2. The molecule has 0 bridgehead atoms. The lowest BCUT2D eigenvalue weighted by atomic mass is 9.91. The van der Waals surface area contributed by atoms with Crippen LogP contribution in [0, 0.1) is 11.8 Å². The summed E-state index contributed by atoms with van der Waals surface area (Å²) in [7, 11) is -3.83. The summed E-state index contributed by atoms with van der Waals surface area (Å²) in [6, 6.07) is 15.2. The first-order chi connectivity index (χ1) is 13.8. The first kappa shape index (κ1) is 21.1. The van der Waals surface area contributed by atoms with Crippen LogP contribution in [0.25, 0.3) is 0 Å². The van der Waals surface area contributed by atoms with E-state index in [-0.39, 0.29) is 17.3 Å². The quantitative estimate of drug-likeness (QED) is 0.669. The van der Waals surface area contributed by atoms with Crippen LogP contribution >= 0.6 is 0 Å². The van der Waals surface area contributed by atoms with Gasteiger partial charge < -0.3 is 4.90 Å². The zero-order valence-electron chi connectivity index (χ0n) is 17.0. The van der Waals surface area contributed by atoms with Crippen molar-refractivity contribution in [1.82, 2.24) is 4.90 Å². The molecule has 1 amide bonds. The molecule has 2 aromatic carbocycles. The zero-order valence-corrected chi connectivity index (χ0v) is 17.8. The van der Waals surface area contributed by atoms with E-state index in [0.717, 1.165) is 6.42 Å². The maximum absolute atomic E-state index is 13.3. The molecule has 6 heteroatoms. The lowest BCUT2D eigenvalue weighted by Gasteiger charge is -2.35. The van der Waals surface area contributed by atoms with Gasteiger partial charge in [0.2, 0.25) is 0 Å². The van der Waals surface area contributed by atoms with Crippen molar-refractivity contribution in [3.8, 4) is 0 Å². The number of para-hydroxylation sites is 1. The second kappa shape index (κ2) is 8.82. The van der Waals surface area contributed by atoms with Crippen LogP contribution in [0.3, 0.4) is 0 Å². The van der Waals surface area contributed by atoms with E-state index in [0.29, 0.717) is 36.2 Å². The van der Waals surface area contributed by atoms with E-state index < -0.39 is 10.0 Å². The van der Waals surface area contributed by atoms with Gasteiger partial charge in [-0.05, 0) is 48.6 Å². The smallest absolute Gasteiger partial charge is 0.264 e. The number of carbonyl (C=O) groups is 1. The summed E-state index contributed by atoms with van der Waals surface area (Å²) in [4.78, 5) is 15.0. The van der Waals surface area contributed by atoms with Gasteiger partial charge in [0.15, 0.2) is 0 Å². The van der Waals surface area contributed by atoms with Crippen LogP contribution in [-0.2, 0) is 10.0 Å². The minimum Gasteiger partial charge on any atom is -0.338 e. The number of hydrogen-bond donors (Lipinski definition) is 0. The molecule has 0 saturated carbocycles. The largest absolute Gasteiger partial charge is 0.338 e. The van der Waals surface area contributed by atoms with Gasteiger partial charge in [-0.25, -0.2) is 8.42 Å². The number of rotatable bonds is 6. The van der Waals surface area contributed by atoms with E-state index in [1.54, 1.807) is 42.5 Å². The molecule has 0 radical (unpaired) electrons. The van der Waals surface area contributed by atoms with E-state index in [2.05, 4.69) is 20.4 Å². The highest BCUT2D eigenvalue weighted by Gasteiger charge is 2.28. The van der Waals surface area contributed by atoms with Crippen molar-refractivity contribution in [1.29, 1.82) is 0 Å². The third-order valence-electron chi connectivity index (χ3n) is 5.16. The highest BCUT2D eigenvalue weighted by Crippen LogP contribution is 2.26. The van der Waals surface area contributed by atoms with Crippen LogP contribution in [0.15, 0.2) is 72.1 Å². The molecule has 0 aliphatic carbocycles. The average molecular weight is 413 g/mol. The maximum atomic E-state index is 13.3. The number of amides is 1. The van der Waals surface area contributed by atoms with E-state index in [9.17, 15) is 13.2 Å². The standard InChI is InChI=1S/C23H28N2O3S/c1-4-13-25(21-10-6-5-7-11-21)29(27,28)22-12-8-9-20(15-22)23(26)24-16-18(2)14-19(3)17-24/h4-12,15,18-19H,1,13-14,16-17H2,2-3H3/t18-,19-/m0/s1. The Kier molecular flexibility index (Phi) is 6.42. The molecule has 3 rings (SSSR count). The number of anilines is 1. The summed E-state index contributed by atoms with van der Waals surface area (Å²) in [5.74, 6) is 0.766. The minimum atomic E-state index is -3.83. The van der Waals surface area contributed by atoms with Gasteiger partial charge >= 0.3 is 0 Å². The molecule has 29 heavy (non-hydrogen) atoms. The molecule has 1 fully saturated rings. The summed E-state index contributed by atoms with van der Waals surface area (Å²) in [5.41, 5.74) is 0.960. The molecular formula is C23H28N2O3S. The first-order valence-corrected chi connectivity index (χ1v) is 11.3. The van der Waals surface area contributed by atoms with E-state index in [4.69, 9.17) is 0 Å². The number of likely N-dealkylation sites (tertiary alicyclic amines) is 1. The van der Waals surface area contributed by atoms with E-state index in [1.807, 2.05) is 11.0 Å². The topological polar surface area (TPSA) is 57.7 Å². The molecular weight excluding hydrogens is 384 g/mol. The molecule has 1 saturated heterocycles. The maximum Gasteiger partial charge on any atom is 0.264 e. The van der Waals surface area contributed by atoms with Crippen molar-refractivity contribution >= 4 is 21.6 Å². The van der Waals surface area contributed by atoms with Gasteiger partial charge in [0, 0.05) is 18.7 Å². The molecule has 2 aromatic rings. The predicted octanol–water partition coefficient (Wildman–Crippen LogP) is 4.19. The van der Waals surface area contributed by atoms with Crippen molar-refractivity contribution < 1.29 is 13.2 Å². The Labute approximate surface area is 173 Å². The van der Waals surface area contributed by atoms with Crippen molar-refractivity contribution in [2.75, 3.05) is 23.9 Å². The van der Waals surface area contributed by atoms with Crippen LogP contribution < -0.4 is 4.31 Å². The highest BCUT2D eigenvalue weighted by molar-refractivity contribution is 7.92. The number of nitrogens with zero attached hydrogens (tertiary/aromatic N) is 2. The molecule has 1 aliphatic rings. The summed E-state index contributed by atoms with van der Waals surface area (Å²) in [5, 5.41) is 0. The average Bonchev–Trinajstić information content (AvgIpc) is 2.71. The van der Waals surface area contributed by atoms with Crippen molar-refractivity contribution in [2.45, 2.75) is 25.2 Å². The summed E-state index contributed by atoms with van der Waals surface area (Å²) in [6.45, 7) is 9.52. The fourth-order valence-corrected chi connectivity index (χ4v) is 5.46. The third-order valence-corrected chi connectivity index (χ3v) is 6.95. The lowest BCUT2D eigenvalue weighted by molar-refractivity contribution is 0.0623. The number of benzene rings is 2. The fraction of sp³-hybridized carbons (Fsp3) is 0.348. The second-order valence-electron chi connectivity index (χ2n) is 7.84. The van der Waals surface area contributed by atoms with Gasteiger partial charge in [-0.1, -0.05) is 44.2 Å². The third kappa shape index (κ3) is 4.70. The summed E-state index contributed by atoms with van der Waals surface area (Å²) in [6.07, 6.45) is 2.65. The molecule has 0 spiro atoms. The molecule has 1 aliphatic heterocycles. The summed E-state index contributed by atoms with van der Waals surface area (Å²) >= 11 is 0. The molecule has 154 valence electrons. The Morgan fingerprint density at radius 3 is 2.38 bits per heavy atom. The first-order valence-electron chi connectivity index (χ1n) is 9.91. The molecule has 0 unspecified atom stereocenters. The molecule has 0 aromatic heterocycles. The van der Waals surface area contributed by atoms with Gasteiger partial charge in [-0.2, -0.15) is 0 Å². The number of hydrogen-bond acceptors (Lipinski definition) is 3. The van der Waals surface area contributed by atoms with E-state index >= 15 is 0 Å².